The van der Waals surface area contributed by atoms with Crippen LogP contribution in [0.25, 0.3) is 11.8 Å². The molecule has 0 spiro atoms. The first-order valence-corrected chi connectivity index (χ1v) is 11.0. The smallest absolute Gasteiger partial charge is 0.270 e. The molecule has 7 heteroatoms. The van der Waals surface area contributed by atoms with Gasteiger partial charge in [-0.05, 0) is 80.0 Å². The van der Waals surface area contributed by atoms with Crippen molar-refractivity contribution in [2.45, 2.75) is 27.2 Å². The van der Waals surface area contributed by atoms with Crippen molar-refractivity contribution in [1.82, 2.24) is 9.88 Å². The Kier molecular flexibility index (Phi) is 6.00. The summed E-state index contributed by atoms with van der Waals surface area (Å²) in [6.07, 6.45) is 2.53. The molecule has 1 aromatic heterocycles. The Morgan fingerprint density at radius 3 is 2.53 bits per heavy atom. The number of hydrogen-bond acceptors (Lipinski definition) is 3. The molecule has 1 N–H and O–H groups in total. The minimum absolute atomic E-state index is 0.0163. The highest BCUT2D eigenvalue weighted by molar-refractivity contribution is 7.80. The molecule has 0 atom stereocenters. The maximum absolute atomic E-state index is 13.3. The first-order chi connectivity index (χ1) is 15.3. The number of para-hydroxylation sites is 1. The second-order valence-electron chi connectivity index (χ2n) is 7.58. The van der Waals surface area contributed by atoms with Gasteiger partial charge in [-0.15, -0.1) is 0 Å². The van der Waals surface area contributed by atoms with Crippen LogP contribution in [0.15, 0.2) is 60.2 Å². The van der Waals surface area contributed by atoms with Crippen molar-refractivity contribution in [3.05, 3.63) is 87.7 Å². The summed E-state index contributed by atoms with van der Waals surface area (Å²) in [4.78, 5) is 27.3. The molecule has 2 amide bonds. The number of rotatable bonds is 4. The monoisotopic (exact) mass is 463 g/mol. The molecule has 2 aromatic carbocycles. The molecule has 162 valence electrons. The summed E-state index contributed by atoms with van der Waals surface area (Å²) in [6, 6.07) is 17.0. The molecule has 1 aliphatic rings. The lowest BCUT2D eigenvalue weighted by molar-refractivity contribution is -0.122. The average molecular weight is 464 g/mol. The number of carbonyl (C=O) groups is 2. The summed E-state index contributed by atoms with van der Waals surface area (Å²) in [5.41, 5.74) is 5.59. The standard InChI is InChI=1S/C25H22ClN3O2S/c1-4-17-8-5-6-11-22(17)28-15(2)12-18(16(28)3)13-21-23(30)27-25(32)29(24(21)31)20-10-7-9-19(26)14-20/h5-14H,4H2,1-3H3,(H,27,30,32)/b21-13+. The predicted octanol–water partition coefficient (Wildman–Crippen LogP) is 5.14. The van der Waals surface area contributed by atoms with E-state index in [9.17, 15) is 9.59 Å². The summed E-state index contributed by atoms with van der Waals surface area (Å²) in [5.74, 6) is -1.00. The van der Waals surface area contributed by atoms with Crippen LogP contribution in [-0.4, -0.2) is 21.5 Å². The maximum atomic E-state index is 13.3. The van der Waals surface area contributed by atoms with Crippen LogP contribution in [0, 0.1) is 13.8 Å². The highest BCUT2D eigenvalue weighted by atomic mass is 35.5. The van der Waals surface area contributed by atoms with Crippen molar-refractivity contribution >= 4 is 52.5 Å². The Morgan fingerprint density at radius 1 is 1.06 bits per heavy atom. The van der Waals surface area contributed by atoms with Crippen LogP contribution in [0.2, 0.25) is 5.02 Å². The molecular formula is C25H22ClN3O2S. The van der Waals surface area contributed by atoms with Gasteiger partial charge in [0.25, 0.3) is 11.8 Å². The number of nitrogens with one attached hydrogen (secondary N) is 1. The lowest BCUT2D eigenvalue weighted by Gasteiger charge is -2.29. The molecule has 1 saturated heterocycles. The zero-order chi connectivity index (χ0) is 23.0. The van der Waals surface area contributed by atoms with E-state index in [-0.39, 0.29) is 10.7 Å². The largest absolute Gasteiger partial charge is 0.318 e. The van der Waals surface area contributed by atoms with E-state index in [4.69, 9.17) is 23.8 Å². The second kappa shape index (κ2) is 8.73. The molecule has 0 unspecified atom stereocenters. The number of thiocarbonyl (C=S) groups is 1. The van der Waals surface area contributed by atoms with Crippen LogP contribution >= 0.6 is 23.8 Å². The quantitative estimate of drug-likeness (QED) is 0.331. The first kappa shape index (κ1) is 22.0. The molecule has 0 aliphatic carbocycles. The lowest BCUT2D eigenvalue weighted by atomic mass is 10.1. The number of halogens is 1. The minimum Gasteiger partial charge on any atom is -0.318 e. The number of anilines is 1. The molecular weight excluding hydrogens is 442 g/mol. The number of carbonyl (C=O) groups excluding carboxylic acids is 2. The molecule has 3 aromatic rings. The summed E-state index contributed by atoms with van der Waals surface area (Å²) < 4.78 is 2.15. The highest BCUT2D eigenvalue weighted by Gasteiger charge is 2.34. The normalized spacial score (nSPS) is 15.4. The zero-order valence-electron chi connectivity index (χ0n) is 18.0. The Labute approximate surface area is 197 Å². The van der Waals surface area contributed by atoms with Gasteiger partial charge in [0.05, 0.1) is 5.69 Å². The second-order valence-corrected chi connectivity index (χ2v) is 8.41. The number of benzene rings is 2. The van der Waals surface area contributed by atoms with Gasteiger partial charge in [-0.1, -0.05) is 42.8 Å². The zero-order valence-corrected chi connectivity index (χ0v) is 19.6. The van der Waals surface area contributed by atoms with Gasteiger partial charge in [-0.3, -0.25) is 19.8 Å². The number of aromatic nitrogens is 1. The summed E-state index contributed by atoms with van der Waals surface area (Å²) in [6.45, 7) is 6.11. The molecule has 0 radical (unpaired) electrons. The third-order valence-corrected chi connectivity index (χ3v) is 6.07. The molecule has 0 saturated carbocycles. The van der Waals surface area contributed by atoms with Crippen molar-refractivity contribution < 1.29 is 9.59 Å². The van der Waals surface area contributed by atoms with Crippen LogP contribution < -0.4 is 10.2 Å². The molecule has 0 bridgehead atoms. The summed E-state index contributed by atoms with van der Waals surface area (Å²) >= 11 is 11.4. The van der Waals surface area contributed by atoms with Crippen molar-refractivity contribution in [2.24, 2.45) is 0 Å². The number of hydrogen-bond donors (Lipinski definition) is 1. The fourth-order valence-corrected chi connectivity index (χ4v) is 4.46. The molecule has 1 fully saturated rings. The number of aryl methyl sites for hydroxylation is 2. The van der Waals surface area contributed by atoms with Gasteiger partial charge in [0.1, 0.15) is 5.57 Å². The van der Waals surface area contributed by atoms with Gasteiger partial charge in [0, 0.05) is 22.1 Å². The van der Waals surface area contributed by atoms with Crippen LogP contribution in [0.4, 0.5) is 5.69 Å². The molecule has 2 heterocycles. The molecule has 32 heavy (non-hydrogen) atoms. The van der Waals surface area contributed by atoms with Crippen LogP contribution in [-0.2, 0) is 16.0 Å². The van der Waals surface area contributed by atoms with Gasteiger partial charge >= 0.3 is 0 Å². The van der Waals surface area contributed by atoms with Gasteiger partial charge in [-0.25, -0.2) is 0 Å². The SMILES string of the molecule is CCc1ccccc1-n1c(C)cc(/C=C2\C(=O)NC(=S)N(c3cccc(Cl)c3)C2=O)c1C. The molecule has 4 rings (SSSR count). The van der Waals surface area contributed by atoms with Crippen molar-refractivity contribution in [3.63, 3.8) is 0 Å². The van der Waals surface area contributed by atoms with Gasteiger partial charge in [0.15, 0.2) is 5.11 Å². The average Bonchev–Trinajstić information content (AvgIpc) is 3.03. The first-order valence-electron chi connectivity index (χ1n) is 10.3. The predicted molar refractivity (Wildman–Crippen MR) is 132 cm³/mol. The fraction of sp³-hybridized carbons (Fsp3) is 0.160. The minimum atomic E-state index is -0.517. The summed E-state index contributed by atoms with van der Waals surface area (Å²) in [5, 5.41) is 3.12. The topological polar surface area (TPSA) is 54.3 Å². The van der Waals surface area contributed by atoms with E-state index in [1.54, 1.807) is 30.3 Å². The maximum Gasteiger partial charge on any atom is 0.270 e. The lowest BCUT2D eigenvalue weighted by Crippen LogP contribution is -2.54. The van der Waals surface area contributed by atoms with Crippen molar-refractivity contribution in [3.8, 4) is 5.69 Å². The Balaban J connectivity index is 1.79. The fourth-order valence-electron chi connectivity index (χ4n) is 4.00. The van der Waals surface area contributed by atoms with E-state index in [0.717, 1.165) is 29.1 Å². The van der Waals surface area contributed by atoms with Crippen LogP contribution in [0.3, 0.4) is 0 Å². The summed E-state index contributed by atoms with van der Waals surface area (Å²) in [7, 11) is 0. The van der Waals surface area contributed by atoms with E-state index >= 15 is 0 Å². The van der Waals surface area contributed by atoms with E-state index in [2.05, 4.69) is 28.9 Å². The van der Waals surface area contributed by atoms with E-state index in [1.807, 2.05) is 32.0 Å². The Morgan fingerprint density at radius 2 is 1.81 bits per heavy atom. The van der Waals surface area contributed by atoms with Crippen LogP contribution in [0.1, 0.15) is 29.4 Å². The van der Waals surface area contributed by atoms with E-state index in [0.29, 0.717) is 10.7 Å². The highest BCUT2D eigenvalue weighted by Crippen LogP contribution is 2.28. The molecule has 1 aliphatic heterocycles. The van der Waals surface area contributed by atoms with Gasteiger partial charge in [-0.2, -0.15) is 0 Å². The van der Waals surface area contributed by atoms with Crippen LogP contribution in [0.5, 0.6) is 0 Å². The molecule has 5 nitrogen and oxygen atoms in total. The van der Waals surface area contributed by atoms with Crippen molar-refractivity contribution in [1.29, 1.82) is 0 Å². The number of nitrogens with zero attached hydrogens (tertiary/aromatic N) is 2. The van der Waals surface area contributed by atoms with Gasteiger partial charge < -0.3 is 4.57 Å². The third kappa shape index (κ3) is 3.87. The third-order valence-electron chi connectivity index (χ3n) is 5.55. The van der Waals surface area contributed by atoms with E-state index < -0.39 is 11.8 Å². The Hall–Kier alpha value is -3.22. The van der Waals surface area contributed by atoms with E-state index in [1.165, 1.54) is 10.5 Å². The Bertz CT molecular complexity index is 1290. The number of amides is 2. The van der Waals surface area contributed by atoms with Gasteiger partial charge in [0.2, 0.25) is 0 Å². The van der Waals surface area contributed by atoms with Crippen molar-refractivity contribution in [2.75, 3.05) is 4.90 Å².